The molecule has 102 valence electrons. The smallest absolute Gasteiger partial charge is 0.164 e. The summed E-state index contributed by atoms with van der Waals surface area (Å²) in [5.41, 5.74) is 2.52. The maximum absolute atomic E-state index is 4.37. The van der Waals surface area contributed by atoms with Gasteiger partial charge in [0.15, 0.2) is 5.82 Å². The summed E-state index contributed by atoms with van der Waals surface area (Å²) in [6, 6.07) is 8.47. The minimum absolute atomic E-state index is 0.967. The van der Waals surface area contributed by atoms with Gasteiger partial charge in [-0.2, -0.15) is 0 Å². The number of nitrogens with one attached hydrogen (secondary N) is 1. The Hall–Kier alpha value is -1.68. The summed E-state index contributed by atoms with van der Waals surface area (Å²) in [7, 11) is 1.98. The standard InChI is InChI=1S/C15H22N4/c1-4-11-19-12(2)17-18-15(19)14-8-6-5-7-13(14)9-10-16-3/h5-8,16H,4,9-11H2,1-3H3. The van der Waals surface area contributed by atoms with E-state index in [0.29, 0.717) is 0 Å². The van der Waals surface area contributed by atoms with Crippen LogP contribution in [0.5, 0.6) is 0 Å². The van der Waals surface area contributed by atoms with E-state index in [4.69, 9.17) is 0 Å². The molecule has 2 aromatic rings. The zero-order chi connectivity index (χ0) is 13.7. The normalized spacial score (nSPS) is 10.9. The molecule has 0 fully saturated rings. The monoisotopic (exact) mass is 258 g/mol. The highest BCUT2D eigenvalue weighted by atomic mass is 15.3. The summed E-state index contributed by atoms with van der Waals surface area (Å²) in [5.74, 6) is 1.98. The number of likely N-dealkylation sites (N-methyl/N-ethyl adjacent to an activating group) is 1. The molecule has 0 saturated carbocycles. The molecule has 0 radical (unpaired) electrons. The highest BCUT2D eigenvalue weighted by Gasteiger charge is 2.13. The molecular weight excluding hydrogens is 236 g/mol. The summed E-state index contributed by atoms with van der Waals surface area (Å²) < 4.78 is 2.21. The Labute approximate surface area is 114 Å². The van der Waals surface area contributed by atoms with Gasteiger partial charge in [0.05, 0.1) is 0 Å². The van der Waals surface area contributed by atoms with Crippen LogP contribution in [0.25, 0.3) is 11.4 Å². The minimum Gasteiger partial charge on any atom is -0.319 e. The summed E-state index contributed by atoms with van der Waals surface area (Å²) in [6.07, 6.45) is 2.09. The lowest BCUT2D eigenvalue weighted by Gasteiger charge is -2.11. The Morgan fingerprint density at radius 1 is 1.21 bits per heavy atom. The second kappa shape index (κ2) is 6.48. The maximum Gasteiger partial charge on any atom is 0.164 e. The molecule has 0 spiro atoms. The first-order valence-electron chi connectivity index (χ1n) is 6.90. The number of benzene rings is 1. The SMILES string of the molecule is CCCn1c(C)nnc1-c1ccccc1CCNC. The van der Waals surface area contributed by atoms with E-state index in [0.717, 1.165) is 37.6 Å². The van der Waals surface area contributed by atoms with Gasteiger partial charge in [0.1, 0.15) is 5.82 Å². The molecule has 0 unspecified atom stereocenters. The number of aromatic nitrogens is 3. The van der Waals surface area contributed by atoms with Gasteiger partial charge >= 0.3 is 0 Å². The van der Waals surface area contributed by atoms with E-state index in [1.54, 1.807) is 0 Å². The third-order valence-corrected chi connectivity index (χ3v) is 3.29. The van der Waals surface area contributed by atoms with Crippen molar-refractivity contribution in [2.75, 3.05) is 13.6 Å². The van der Waals surface area contributed by atoms with Crippen LogP contribution in [-0.4, -0.2) is 28.4 Å². The van der Waals surface area contributed by atoms with Gasteiger partial charge in [-0.15, -0.1) is 10.2 Å². The third kappa shape index (κ3) is 3.01. The Morgan fingerprint density at radius 2 is 2.00 bits per heavy atom. The number of rotatable bonds is 6. The molecular formula is C15H22N4. The molecule has 0 aliphatic carbocycles. The van der Waals surface area contributed by atoms with Gasteiger partial charge in [0.25, 0.3) is 0 Å². The Morgan fingerprint density at radius 3 is 2.74 bits per heavy atom. The third-order valence-electron chi connectivity index (χ3n) is 3.29. The van der Waals surface area contributed by atoms with Crippen LogP contribution in [-0.2, 0) is 13.0 Å². The zero-order valence-electron chi connectivity index (χ0n) is 12.0. The molecule has 19 heavy (non-hydrogen) atoms. The first-order valence-corrected chi connectivity index (χ1v) is 6.90. The van der Waals surface area contributed by atoms with Gasteiger partial charge in [-0.05, 0) is 38.9 Å². The van der Waals surface area contributed by atoms with Crippen LogP contribution in [0, 0.1) is 6.92 Å². The van der Waals surface area contributed by atoms with E-state index in [2.05, 4.69) is 51.3 Å². The quantitative estimate of drug-likeness (QED) is 0.865. The van der Waals surface area contributed by atoms with Gasteiger partial charge < -0.3 is 9.88 Å². The van der Waals surface area contributed by atoms with Crippen molar-refractivity contribution in [2.45, 2.75) is 33.2 Å². The molecule has 2 rings (SSSR count). The van der Waals surface area contributed by atoms with Crippen molar-refractivity contribution in [1.29, 1.82) is 0 Å². The second-order valence-corrected chi connectivity index (χ2v) is 4.73. The molecule has 0 amide bonds. The summed E-state index contributed by atoms with van der Waals surface area (Å²) in [4.78, 5) is 0. The number of hydrogen-bond donors (Lipinski definition) is 1. The van der Waals surface area contributed by atoms with E-state index >= 15 is 0 Å². The van der Waals surface area contributed by atoms with Crippen molar-refractivity contribution in [3.8, 4) is 11.4 Å². The fourth-order valence-corrected chi connectivity index (χ4v) is 2.29. The van der Waals surface area contributed by atoms with Crippen molar-refractivity contribution in [1.82, 2.24) is 20.1 Å². The number of hydrogen-bond acceptors (Lipinski definition) is 3. The lowest BCUT2D eigenvalue weighted by atomic mass is 10.0. The van der Waals surface area contributed by atoms with Crippen molar-refractivity contribution in [3.05, 3.63) is 35.7 Å². The van der Waals surface area contributed by atoms with Crippen molar-refractivity contribution in [2.24, 2.45) is 0 Å². The molecule has 1 N–H and O–H groups in total. The predicted octanol–water partition coefficient (Wildman–Crippen LogP) is 2.43. The Kier molecular flexibility index (Phi) is 4.68. The van der Waals surface area contributed by atoms with Crippen LogP contribution >= 0.6 is 0 Å². The Balaban J connectivity index is 2.40. The molecule has 0 aliphatic rings. The lowest BCUT2D eigenvalue weighted by molar-refractivity contribution is 0.662. The summed E-state index contributed by atoms with van der Waals surface area (Å²) >= 11 is 0. The van der Waals surface area contributed by atoms with Gasteiger partial charge in [-0.25, -0.2) is 0 Å². The lowest BCUT2D eigenvalue weighted by Crippen LogP contribution is -2.11. The van der Waals surface area contributed by atoms with Gasteiger partial charge in [-0.1, -0.05) is 31.2 Å². The van der Waals surface area contributed by atoms with Crippen molar-refractivity contribution >= 4 is 0 Å². The molecule has 0 saturated heterocycles. The second-order valence-electron chi connectivity index (χ2n) is 4.73. The van der Waals surface area contributed by atoms with Crippen molar-refractivity contribution in [3.63, 3.8) is 0 Å². The first kappa shape index (κ1) is 13.7. The summed E-state index contributed by atoms with van der Waals surface area (Å²) in [5, 5.41) is 11.8. The van der Waals surface area contributed by atoms with Crippen LogP contribution in [0.15, 0.2) is 24.3 Å². The topological polar surface area (TPSA) is 42.7 Å². The molecule has 1 aromatic heterocycles. The van der Waals surface area contributed by atoms with E-state index in [9.17, 15) is 0 Å². The highest BCUT2D eigenvalue weighted by Crippen LogP contribution is 2.23. The van der Waals surface area contributed by atoms with E-state index in [1.165, 1.54) is 11.1 Å². The molecule has 1 aromatic carbocycles. The van der Waals surface area contributed by atoms with E-state index in [1.807, 2.05) is 14.0 Å². The number of nitrogens with zero attached hydrogens (tertiary/aromatic N) is 3. The predicted molar refractivity (Wildman–Crippen MR) is 78.1 cm³/mol. The van der Waals surface area contributed by atoms with Gasteiger partial charge in [0, 0.05) is 12.1 Å². The van der Waals surface area contributed by atoms with E-state index in [-0.39, 0.29) is 0 Å². The van der Waals surface area contributed by atoms with Crippen LogP contribution in [0.3, 0.4) is 0 Å². The highest BCUT2D eigenvalue weighted by molar-refractivity contribution is 5.60. The fourth-order valence-electron chi connectivity index (χ4n) is 2.29. The van der Waals surface area contributed by atoms with Crippen LogP contribution in [0.2, 0.25) is 0 Å². The average molecular weight is 258 g/mol. The zero-order valence-corrected chi connectivity index (χ0v) is 12.0. The summed E-state index contributed by atoms with van der Waals surface area (Å²) in [6.45, 7) is 6.13. The molecule has 4 nitrogen and oxygen atoms in total. The molecule has 0 bridgehead atoms. The fraction of sp³-hybridized carbons (Fsp3) is 0.467. The van der Waals surface area contributed by atoms with Crippen LogP contribution in [0.1, 0.15) is 24.7 Å². The largest absolute Gasteiger partial charge is 0.319 e. The van der Waals surface area contributed by atoms with Gasteiger partial charge in [0.2, 0.25) is 0 Å². The molecule has 1 heterocycles. The van der Waals surface area contributed by atoms with E-state index < -0.39 is 0 Å². The number of aryl methyl sites for hydroxylation is 1. The van der Waals surface area contributed by atoms with Crippen molar-refractivity contribution < 1.29 is 0 Å². The minimum atomic E-state index is 0.967. The van der Waals surface area contributed by atoms with Crippen LogP contribution < -0.4 is 5.32 Å². The molecule has 0 aliphatic heterocycles. The molecule has 0 atom stereocenters. The maximum atomic E-state index is 4.37. The van der Waals surface area contributed by atoms with Crippen LogP contribution in [0.4, 0.5) is 0 Å². The first-order chi connectivity index (χ1) is 9.27. The van der Waals surface area contributed by atoms with Gasteiger partial charge in [-0.3, -0.25) is 0 Å². The molecule has 4 heteroatoms. The Bertz CT molecular complexity index is 531. The average Bonchev–Trinajstić information content (AvgIpc) is 2.79.